The summed E-state index contributed by atoms with van der Waals surface area (Å²) in [5.74, 6) is 0. The fourth-order valence-electron chi connectivity index (χ4n) is 10.1. The van der Waals surface area contributed by atoms with Crippen LogP contribution in [0.2, 0.25) is 0 Å². The van der Waals surface area contributed by atoms with Crippen molar-refractivity contribution in [1.29, 1.82) is 5.26 Å². The van der Waals surface area contributed by atoms with Gasteiger partial charge in [-0.15, -0.1) is 71.3 Å². The van der Waals surface area contributed by atoms with E-state index in [1.54, 1.807) is 24.5 Å². The summed E-state index contributed by atoms with van der Waals surface area (Å²) < 4.78 is 23.9. The maximum Gasteiger partial charge on any atom is 3.00 e. The molecule has 0 saturated heterocycles. The Balaban J connectivity index is 0.00000690. The molecule has 3 aromatic heterocycles. The van der Waals surface area contributed by atoms with E-state index >= 15 is 0 Å². The first-order valence-electron chi connectivity index (χ1n) is 26.6. The number of aromatic nitrogens is 3. The second-order valence-electron chi connectivity index (χ2n) is 18.5. The van der Waals surface area contributed by atoms with E-state index in [1.807, 2.05) is 121 Å². The molecule has 5 nitrogen and oxygen atoms in total. The molecule has 6 heteroatoms. The molecule has 0 N–H and O–H groups in total. The van der Waals surface area contributed by atoms with Crippen molar-refractivity contribution in [2.24, 2.45) is 0 Å². The zero-order valence-corrected chi connectivity index (χ0v) is 44.1. The molecule has 0 amide bonds. The van der Waals surface area contributed by atoms with E-state index < -0.39 is 6.85 Å². The number of rotatable bonds is 11. The van der Waals surface area contributed by atoms with E-state index in [1.165, 1.54) is 6.20 Å². The van der Waals surface area contributed by atoms with Crippen LogP contribution in [-0.4, -0.2) is 15.0 Å². The molecule has 0 atom stereocenters. The standard InChI is InChI=1S/C72H44N5.Ir/c1-48-26-37-71(77-47-48)53-32-35-66(68(44-53)51-29-27-50(28-30-51)49-16-4-3-5-17-49)64-22-10-7-19-60(64)56-41-55(59-18-6-9-21-63(59)62-34-31-52(40-58(62)46-73)69-24-12-14-38-75-69)42-57(43-56)61-20-8-11-23-65(61)67-36-33-54(45-72(67)74-2)70-25-13-15-39-76-70;/h3-30,34-45,47H,1H3;/q-3;+3/i1D3;. The molecular weight excluding hydrogens is 1130 g/mol. The molecule has 0 aliphatic rings. The average molecular weight is 1170 g/mol. The van der Waals surface area contributed by atoms with Crippen molar-refractivity contribution < 1.29 is 24.2 Å². The Kier molecular flexibility index (Phi) is 13.4. The zero-order chi connectivity index (χ0) is 54.6. The molecule has 0 saturated carbocycles. The predicted molar refractivity (Wildman–Crippen MR) is 312 cm³/mol. The first-order chi connectivity index (χ1) is 39.2. The predicted octanol–water partition coefficient (Wildman–Crippen LogP) is 18.3. The van der Waals surface area contributed by atoms with Gasteiger partial charge in [0.15, 0.2) is 0 Å². The van der Waals surface area contributed by atoms with E-state index in [0.717, 1.165) is 112 Å². The number of hydrogen-bond acceptors (Lipinski definition) is 4. The van der Waals surface area contributed by atoms with Gasteiger partial charge in [-0.2, -0.15) is 5.26 Å². The van der Waals surface area contributed by atoms with Crippen molar-refractivity contribution in [3.8, 4) is 129 Å². The topological polar surface area (TPSA) is 66.8 Å². The van der Waals surface area contributed by atoms with Crippen molar-refractivity contribution >= 4 is 5.69 Å². The van der Waals surface area contributed by atoms with Crippen molar-refractivity contribution in [3.05, 3.63) is 290 Å². The van der Waals surface area contributed by atoms with Gasteiger partial charge in [0, 0.05) is 22.7 Å². The number of aryl methyl sites for hydroxylation is 1. The van der Waals surface area contributed by atoms with Crippen molar-refractivity contribution in [2.45, 2.75) is 6.85 Å². The Labute approximate surface area is 473 Å². The van der Waals surface area contributed by atoms with Crippen LogP contribution in [0.5, 0.6) is 0 Å². The van der Waals surface area contributed by atoms with Crippen LogP contribution in [0.3, 0.4) is 0 Å². The minimum atomic E-state index is -2.29. The monoisotopic (exact) mass is 1170 g/mol. The number of benzene rings is 9. The summed E-state index contributed by atoms with van der Waals surface area (Å²) in [7, 11) is 0. The second-order valence-corrected chi connectivity index (χ2v) is 18.5. The van der Waals surface area contributed by atoms with Gasteiger partial charge in [-0.3, -0.25) is 4.85 Å². The summed E-state index contributed by atoms with van der Waals surface area (Å²) in [6.45, 7) is 6.14. The number of pyridine rings is 3. The number of nitrogens with zero attached hydrogens (tertiary/aromatic N) is 5. The molecule has 0 fully saturated rings. The molecule has 0 aliphatic heterocycles. The van der Waals surface area contributed by atoms with Gasteiger partial charge in [0.25, 0.3) is 0 Å². The van der Waals surface area contributed by atoms with Gasteiger partial charge in [0.05, 0.1) is 12.6 Å². The molecule has 78 heavy (non-hydrogen) atoms. The molecule has 0 radical (unpaired) electrons. The Morgan fingerprint density at radius 3 is 1.40 bits per heavy atom. The summed E-state index contributed by atoms with van der Waals surface area (Å²) >= 11 is 0. The molecule has 366 valence electrons. The minimum Gasteiger partial charge on any atom is -0.305 e. The molecule has 3 heterocycles. The molecular formula is C72H44IrN5. The van der Waals surface area contributed by atoms with Crippen molar-refractivity contribution in [1.82, 2.24) is 15.0 Å². The molecule has 0 unspecified atom stereocenters. The van der Waals surface area contributed by atoms with Gasteiger partial charge in [0.2, 0.25) is 0 Å². The Morgan fingerprint density at radius 1 is 0.410 bits per heavy atom. The van der Waals surface area contributed by atoms with Crippen LogP contribution in [0, 0.1) is 43.0 Å². The first-order valence-corrected chi connectivity index (χ1v) is 25.1. The Morgan fingerprint density at radius 2 is 0.872 bits per heavy atom. The average Bonchev–Trinajstić information content (AvgIpc) is 3.72. The molecule has 0 bridgehead atoms. The van der Waals surface area contributed by atoms with Crippen LogP contribution in [0.15, 0.2) is 249 Å². The van der Waals surface area contributed by atoms with Gasteiger partial charge in [0.1, 0.15) is 5.69 Å². The van der Waals surface area contributed by atoms with Gasteiger partial charge < -0.3 is 15.0 Å². The van der Waals surface area contributed by atoms with E-state index in [-0.39, 0.29) is 25.7 Å². The van der Waals surface area contributed by atoms with E-state index in [9.17, 15) is 5.26 Å². The van der Waals surface area contributed by atoms with E-state index in [0.29, 0.717) is 22.5 Å². The molecule has 12 rings (SSSR count). The minimum absolute atomic E-state index is 0. The Hall–Kier alpha value is -9.94. The summed E-state index contributed by atoms with van der Waals surface area (Å²) in [5.41, 5.74) is 20.1. The van der Waals surface area contributed by atoms with Gasteiger partial charge in [-0.1, -0.05) is 203 Å². The van der Waals surface area contributed by atoms with Crippen LogP contribution >= 0.6 is 0 Å². The smallest absolute Gasteiger partial charge is 0.305 e. The normalized spacial score (nSPS) is 11.5. The van der Waals surface area contributed by atoms with E-state index in [4.69, 9.17) is 10.7 Å². The molecule has 0 aliphatic carbocycles. The fraction of sp³-hybridized carbons (Fsp3) is 0.0139. The van der Waals surface area contributed by atoms with Crippen LogP contribution in [0.1, 0.15) is 15.2 Å². The van der Waals surface area contributed by atoms with Crippen LogP contribution in [0.4, 0.5) is 5.69 Å². The van der Waals surface area contributed by atoms with Crippen molar-refractivity contribution in [3.63, 3.8) is 0 Å². The molecule has 9 aromatic carbocycles. The third-order valence-corrected chi connectivity index (χ3v) is 13.8. The summed E-state index contributed by atoms with van der Waals surface area (Å²) in [6.07, 6.45) is 4.89. The maximum atomic E-state index is 10.8. The number of hydrogen-bond donors (Lipinski definition) is 0. The molecule has 12 aromatic rings. The number of nitriles is 1. The summed E-state index contributed by atoms with van der Waals surface area (Å²) in [5, 5.41) is 10.8. The quantitative estimate of drug-likeness (QED) is 0.121. The van der Waals surface area contributed by atoms with Crippen LogP contribution < -0.4 is 0 Å². The van der Waals surface area contributed by atoms with Gasteiger partial charge in [-0.05, 0) is 115 Å². The second kappa shape index (κ2) is 22.5. The SMILES string of the molecule is [2H]C([2H])([2H])c1ccc(-c2[c-]cc(-c3ccccc3-c3cc(-c4ccccc4-c4c[c-]c(-c5ccccn5)cc4C#N)cc(-c4ccccc4-c4c[c-]c(-c5ccccn5)cc4[N+]#[C-])c3)c(-c3ccc(-c4ccccc4)cc3)c2)nc1.[Ir+3]. The first kappa shape index (κ1) is 46.6. The maximum absolute atomic E-state index is 10.8. The fourth-order valence-corrected chi connectivity index (χ4v) is 10.1. The van der Waals surface area contributed by atoms with E-state index in [2.05, 4.69) is 141 Å². The third kappa shape index (κ3) is 10.1. The third-order valence-electron chi connectivity index (χ3n) is 13.8. The zero-order valence-electron chi connectivity index (χ0n) is 44.7. The van der Waals surface area contributed by atoms with Crippen molar-refractivity contribution in [2.75, 3.05) is 0 Å². The summed E-state index contributed by atoms with van der Waals surface area (Å²) in [4.78, 5) is 17.8. The largest absolute Gasteiger partial charge is 3.00 e. The van der Waals surface area contributed by atoms with Gasteiger partial charge >= 0.3 is 20.1 Å². The van der Waals surface area contributed by atoms with Crippen LogP contribution in [0.25, 0.3) is 128 Å². The van der Waals surface area contributed by atoms with Crippen LogP contribution in [-0.2, 0) is 20.1 Å². The summed E-state index contributed by atoms with van der Waals surface area (Å²) in [6, 6.07) is 89.4. The molecule has 0 spiro atoms. The Bertz CT molecular complexity index is 4180. The van der Waals surface area contributed by atoms with Gasteiger partial charge in [-0.25, -0.2) is 0 Å².